The zero-order valence-electron chi connectivity index (χ0n) is 9.92. The Hall–Kier alpha value is -1.49. The molecule has 0 aliphatic heterocycles. The van der Waals surface area contributed by atoms with Crippen LogP contribution in [0.1, 0.15) is 25.0 Å². The lowest BCUT2D eigenvalue weighted by atomic mass is 9.77. The van der Waals surface area contributed by atoms with Gasteiger partial charge < -0.3 is 10.8 Å². The highest BCUT2D eigenvalue weighted by molar-refractivity contribution is 5.75. The van der Waals surface area contributed by atoms with Crippen LogP contribution in [-0.2, 0) is 10.2 Å². The van der Waals surface area contributed by atoms with Crippen molar-refractivity contribution in [3.63, 3.8) is 0 Å². The first-order valence-electron chi connectivity index (χ1n) is 5.12. The highest BCUT2D eigenvalue weighted by Crippen LogP contribution is 2.31. The molecular weight excluding hydrogens is 228 g/mol. The first kappa shape index (κ1) is 13.6. The molecule has 0 radical (unpaired) electrons. The molecule has 0 amide bonds. The summed E-state index contributed by atoms with van der Waals surface area (Å²) in [5.41, 5.74) is 4.28. The number of aryl methyl sites for hydroxylation is 1. The number of carboxylic acids is 1. The first-order chi connectivity index (χ1) is 7.67. The topological polar surface area (TPSA) is 63.3 Å². The number of rotatable bonds is 3. The Labute approximate surface area is 98.2 Å². The van der Waals surface area contributed by atoms with Gasteiger partial charge in [-0.2, -0.15) is 0 Å². The smallest absolute Gasteiger partial charge is 0.321 e. The largest absolute Gasteiger partial charge is 0.480 e. The number of hydrogen-bond acceptors (Lipinski definition) is 2. The third-order valence-electron chi connectivity index (χ3n) is 2.87. The van der Waals surface area contributed by atoms with E-state index in [0.29, 0.717) is 5.56 Å². The maximum absolute atomic E-state index is 13.7. The number of aliphatic carboxylic acids is 1. The van der Waals surface area contributed by atoms with Gasteiger partial charge in [0, 0.05) is 11.0 Å². The predicted octanol–water partition coefficient (Wildman–Crippen LogP) is 1.96. The van der Waals surface area contributed by atoms with Gasteiger partial charge in [0.05, 0.1) is 0 Å². The number of carbonyl (C=O) groups is 1. The van der Waals surface area contributed by atoms with Gasteiger partial charge in [0.2, 0.25) is 0 Å². The van der Waals surface area contributed by atoms with E-state index in [0.717, 1.165) is 12.1 Å². The van der Waals surface area contributed by atoms with Gasteiger partial charge in [-0.25, -0.2) is 8.78 Å². The molecule has 0 saturated heterocycles. The van der Waals surface area contributed by atoms with Crippen molar-refractivity contribution < 1.29 is 18.7 Å². The molecule has 1 atom stereocenters. The second-order valence-corrected chi connectivity index (χ2v) is 4.64. The molecule has 0 saturated carbocycles. The minimum absolute atomic E-state index is 0.294. The predicted molar refractivity (Wildman–Crippen MR) is 59.7 cm³/mol. The number of carboxylic acid groups (broad SMARTS) is 1. The molecule has 0 aromatic heterocycles. The number of hydrogen-bond donors (Lipinski definition) is 2. The summed E-state index contributed by atoms with van der Waals surface area (Å²) >= 11 is 0. The van der Waals surface area contributed by atoms with E-state index in [1.54, 1.807) is 6.92 Å². The summed E-state index contributed by atoms with van der Waals surface area (Å²) in [5, 5.41) is 8.85. The van der Waals surface area contributed by atoms with E-state index >= 15 is 0 Å². The quantitative estimate of drug-likeness (QED) is 0.853. The second-order valence-electron chi connectivity index (χ2n) is 4.64. The van der Waals surface area contributed by atoms with Crippen molar-refractivity contribution in [3.05, 3.63) is 34.9 Å². The zero-order chi connectivity index (χ0) is 13.4. The Morgan fingerprint density at radius 3 is 2.12 bits per heavy atom. The van der Waals surface area contributed by atoms with Crippen LogP contribution in [0, 0.1) is 18.6 Å². The molecule has 3 N–H and O–H groups in total. The summed E-state index contributed by atoms with van der Waals surface area (Å²) < 4.78 is 27.5. The van der Waals surface area contributed by atoms with Crippen molar-refractivity contribution >= 4 is 5.97 Å². The summed E-state index contributed by atoms with van der Waals surface area (Å²) in [6, 6.07) is 0.943. The highest BCUT2D eigenvalue weighted by Gasteiger charge is 2.38. The van der Waals surface area contributed by atoms with E-state index in [4.69, 9.17) is 10.8 Å². The molecule has 94 valence electrons. The van der Waals surface area contributed by atoms with Crippen LogP contribution in [0.5, 0.6) is 0 Å². The van der Waals surface area contributed by atoms with Crippen LogP contribution >= 0.6 is 0 Å². The van der Waals surface area contributed by atoms with Gasteiger partial charge in [-0.15, -0.1) is 0 Å². The lowest BCUT2D eigenvalue weighted by molar-refractivity contribution is -0.140. The zero-order valence-corrected chi connectivity index (χ0v) is 9.92. The van der Waals surface area contributed by atoms with Crippen LogP contribution in [-0.4, -0.2) is 17.1 Å². The monoisotopic (exact) mass is 243 g/mol. The molecule has 0 spiro atoms. The van der Waals surface area contributed by atoms with Crippen molar-refractivity contribution in [2.75, 3.05) is 0 Å². The second kappa shape index (κ2) is 4.41. The van der Waals surface area contributed by atoms with Crippen LogP contribution in [0.15, 0.2) is 12.1 Å². The molecule has 0 heterocycles. The van der Waals surface area contributed by atoms with Crippen molar-refractivity contribution in [3.8, 4) is 0 Å². The molecule has 5 heteroatoms. The molecule has 0 fully saturated rings. The standard InChI is InChI=1S/C12H15F2NO2/c1-6-4-7(13)9(8(14)5-6)12(2,3)10(15)11(16)17/h4-5,10H,15H2,1-3H3,(H,16,17). The summed E-state index contributed by atoms with van der Waals surface area (Å²) in [4.78, 5) is 10.8. The van der Waals surface area contributed by atoms with Crippen molar-refractivity contribution in [2.45, 2.75) is 32.2 Å². The highest BCUT2D eigenvalue weighted by atomic mass is 19.1. The number of halogens is 2. The minimum atomic E-state index is -1.38. The van der Waals surface area contributed by atoms with Gasteiger partial charge in [-0.3, -0.25) is 4.79 Å². The van der Waals surface area contributed by atoms with Crippen LogP contribution in [0.2, 0.25) is 0 Å². The normalized spacial score (nSPS) is 13.5. The summed E-state index contributed by atoms with van der Waals surface area (Å²) in [6.07, 6.45) is 0. The Balaban J connectivity index is 3.38. The third kappa shape index (κ3) is 2.44. The fraction of sp³-hybridized carbons (Fsp3) is 0.417. The first-order valence-corrected chi connectivity index (χ1v) is 5.12. The number of benzene rings is 1. The van der Waals surface area contributed by atoms with Crippen LogP contribution < -0.4 is 5.73 Å². The summed E-state index contributed by atoms with van der Waals surface area (Å²) in [5.74, 6) is -2.84. The minimum Gasteiger partial charge on any atom is -0.480 e. The molecule has 0 aliphatic carbocycles. The molecule has 17 heavy (non-hydrogen) atoms. The van der Waals surface area contributed by atoms with E-state index in [1.807, 2.05) is 0 Å². The molecule has 0 aliphatic rings. The molecule has 1 aromatic carbocycles. The summed E-state index contributed by atoms with van der Waals surface area (Å²) in [7, 11) is 0. The maximum Gasteiger partial charge on any atom is 0.321 e. The van der Waals surface area contributed by atoms with Crippen molar-refractivity contribution in [1.29, 1.82) is 0 Å². The van der Waals surface area contributed by atoms with Gasteiger partial charge in [-0.05, 0) is 24.6 Å². The Kier molecular flexibility index (Phi) is 3.52. The maximum atomic E-state index is 13.7. The van der Waals surface area contributed by atoms with Crippen molar-refractivity contribution in [2.24, 2.45) is 5.73 Å². The Morgan fingerprint density at radius 1 is 1.35 bits per heavy atom. The fourth-order valence-corrected chi connectivity index (χ4v) is 1.78. The Morgan fingerprint density at radius 2 is 1.76 bits per heavy atom. The Bertz CT molecular complexity index is 435. The summed E-state index contributed by atoms with van der Waals surface area (Å²) in [6.45, 7) is 4.37. The SMILES string of the molecule is Cc1cc(F)c(C(C)(C)C(N)C(=O)O)c(F)c1. The lowest BCUT2D eigenvalue weighted by Gasteiger charge is -2.30. The average Bonchev–Trinajstić information content (AvgIpc) is 2.13. The van der Waals surface area contributed by atoms with Gasteiger partial charge >= 0.3 is 5.97 Å². The van der Waals surface area contributed by atoms with Crippen LogP contribution in [0.4, 0.5) is 8.78 Å². The molecule has 1 rings (SSSR count). The van der Waals surface area contributed by atoms with E-state index in [1.165, 1.54) is 13.8 Å². The molecule has 3 nitrogen and oxygen atoms in total. The molecular formula is C12H15F2NO2. The van der Waals surface area contributed by atoms with Gasteiger partial charge in [0.1, 0.15) is 17.7 Å². The van der Waals surface area contributed by atoms with Crippen LogP contribution in [0.25, 0.3) is 0 Å². The van der Waals surface area contributed by atoms with Gasteiger partial charge in [0.15, 0.2) is 0 Å². The average molecular weight is 243 g/mol. The van der Waals surface area contributed by atoms with E-state index in [2.05, 4.69) is 0 Å². The van der Waals surface area contributed by atoms with Gasteiger partial charge in [0.25, 0.3) is 0 Å². The van der Waals surface area contributed by atoms with Gasteiger partial charge in [-0.1, -0.05) is 13.8 Å². The third-order valence-corrected chi connectivity index (χ3v) is 2.87. The van der Waals surface area contributed by atoms with Crippen LogP contribution in [0.3, 0.4) is 0 Å². The molecule has 1 aromatic rings. The lowest BCUT2D eigenvalue weighted by Crippen LogP contribution is -2.47. The molecule has 0 bridgehead atoms. The number of nitrogens with two attached hydrogens (primary N) is 1. The van der Waals surface area contributed by atoms with E-state index in [-0.39, 0.29) is 5.56 Å². The van der Waals surface area contributed by atoms with E-state index in [9.17, 15) is 13.6 Å². The van der Waals surface area contributed by atoms with Crippen molar-refractivity contribution in [1.82, 2.24) is 0 Å². The molecule has 1 unspecified atom stereocenters. The fourth-order valence-electron chi connectivity index (χ4n) is 1.78. The van der Waals surface area contributed by atoms with E-state index < -0.39 is 29.1 Å².